The summed E-state index contributed by atoms with van der Waals surface area (Å²) in [6.45, 7) is 0. The lowest BCUT2D eigenvalue weighted by molar-refractivity contribution is -0.384. The maximum Gasteiger partial charge on any atom is 0.270 e. The molecule has 1 unspecified atom stereocenters. The van der Waals surface area contributed by atoms with Crippen LogP contribution in [0.2, 0.25) is 0 Å². The van der Waals surface area contributed by atoms with E-state index in [0.717, 1.165) is 46.5 Å². The molecule has 1 aliphatic carbocycles. The molecule has 0 saturated heterocycles. The van der Waals surface area contributed by atoms with Gasteiger partial charge in [-0.2, -0.15) is 0 Å². The number of aliphatic hydroxyl groups is 1. The summed E-state index contributed by atoms with van der Waals surface area (Å²) in [6.07, 6.45) is 1.94. The molecule has 1 atom stereocenters. The van der Waals surface area contributed by atoms with Crippen molar-refractivity contribution in [3.63, 3.8) is 0 Å². The number of aliphatic hydroxyl groups excluding tert-OH is 1. The van der Waals surface area contributed by atoms with Crippen molar-refractivity contribution in [3.05, 3.63) is 57.6 Å². The van der Waals surface area contributed by atoms with Gasteiger partial charge < -0.3 is 10.2 Å². The molecule has 0 heterocycles. The third-order valence-electron chi connectivity index (χ3n) is 4.70. The minimum Gasteiger partial charge on any atom is -0.507 e. The summed E-state index contributed by atoms with van der Waals surface area (Å²) >= 11 is 0. The first kappa shape index (κ1) is 14.0. The quantitative estimate of drug-likeness (QED) is 0.404. The van der Waals surface area contributed by atoms with Gasteiger partial charge in [0.2, 0.25) is 0 Å². The lowest BCUT2D eigenvalue weighted by Crippen LogP contribution is -2.09. The molecule has 23 heavy (non-hydrogen) atoms. The van der Waals surface area contributed by atoms with E-state index in [4.69, 9.17) is 0 Å². The van der Waals surface area contributed by atoms with Gasteiger partial charge in [0, 0.05) is 17.5 Å². The highest BCUT2D eigenvalue weighted by molar-refractivity contribution is 6.12. The van der Waals surface area contributed by atoms with E-state index in [-0.39, 0.29) is 11.4 Å². The number of fused-ring (bicyclic) bond motifs is 5. The fourth-order valence-electron chi connectivity index (χ4n) is 3.64. The zero-order chi connectivity index (χ0) is 16.1. The Bertz CT molecular complexity index is 964. The molecule has 0 aliphatic heterocycles. The van der Waals surface area contributed by atoms with Gasteiger partial charge in [-0.1, -0.05) is 12.1 Å². The van der Waals surface area contributed by atoms with Crippen LogP contribution in [-0.2, 0) is 6.42 Å². The van der Waals surface area contributed by atoms with Gasteiger partial charge in [-0.05, 0) is 58.7 Å². The minimum absolute atomic E-state index is 0.00429. The Hall–Kier alpha value is -2.66. The normalized spacial score (nSPS) is 17.3. The van der Waals surface area contributed by atoms with Crippen molar-refractivity contribution < 1.29 is 15.1 Å². The Balaban J connectivity index is 2.09. The summed E-state index contributed by atoms with van der Waals surface area (Å²) in [6, 6.07) is 10.0. The lowest BCUT2D eigenvalue weighted by Gasteiger charge is -2.23. The van der Waals surface area contributed by atoms with E-state index in [2.05, 4.69) is 0 Å². The van der Waals surface area contributed by atoms with Gasteiger partial charge in [0.25, 0.3) is 5.69 Å². The highest BCUT2D eigenvalue weighted by Gasteiger charge is 2.22. The fourth-order valence-corrected chi connectivity index (χ4v) is 3.64. The molecule has 5 nitrogen and oxygen atoms in total. The van der Waals surface area contributed by atoms with E-state index < -0.39 is 11.0 Å². The molecule has 3 aromatic carbocycles. The molecule has 4 rings (SSSR count). The van der Waals surface area contributed by atoms with Gasteiger partial charge in [-0.25, -0.2) is 0 Å². The molecule has 0 fully saturated rings. The maximum atomic E-state index is 10.9. The number of phenols is 1. The molecule has 5 heteroatoms. The second-order valence-corrected chi connectivity index (χ2v) is 6.02. The first-order valence-corrected chi connectivity index (χ1v) is 7.60. The van der Waals surface area contributed by atoms with Crippen LogP contribution in [0.25, 0.3) is 21.5 Å². The molecule has 116 valence electrons. The summed E-state index contributed by atoms with van der Waals surface area (Å²) in [7, 11) is 0. The Kier molecular flexibility index (Phi) is 2.99. The van der Waals surface area contributed by atoms with Crippen LogP contribution in [0, 0.1) is 10.1 Å². The monoisotopic (exact) mass is 309 g/mol. The van der Waals surface area contributed by atoms with Crippen molar-refractivity contribution in [2.75, 3.05) is 0 Å². The van der Waals surface area contributed by atoms with Gasteiger partial charge in [-0.15, -0.1) is 0 Å². The topological polar surface area (TPSA) is 83.6 Å². The Morgan fingerprint density at radius 2 is 1.91 bits per heavy atom. The highest BCUT2D eigenvalue weighted by atomic mass is 16.6. The second-order valence-electron chi connectivity index (χ2n) is 6.02. The summed E-state index contributed by atoms with van der Waals surface area (Å²) in [5, 5.41) is 34.7. The highest BCUT2D eigenvalue weighted by Crippen LogP contribution is 2.41. The number of aryl methyl sites for hydroxylation is 1. The number of nitro groups is 1. The molecule has 0 bridgehead atoms. The van der Waals surface area contributed by atoms with Crippen LogP contribution in [0.4, 0.5) is 5.69 Å². The van der Waals surface area contributed by atoms with Crippen LogP contribution in [0.1, 0.15) is 30.1 Å². The fraction of sp³-hybridized carbons (Fsp3) is 0.222. The van der Waals surface area contributed by atoms with E-state index in [1.165, 1.54) is 12.1 Å². The molecule has 0 amide bonds. The first-order chi connectivity index (χ1) is 11.1. The largest absolute Gasteiger partial charge is 0.507 e. The van der Waals surface area contributed by atoms with E-state index >= 15 is 0 Å². The number of phenolic OH excluding ortho intramolecular Hbond substituents is 1. The number of non-ortho nitro benzene ring substituents is 1. The van der Waals surface area contributed by atoms with Crippen LogP contribution in [-0.4, -0.2) is 15.1 Å². The van der Waals surface area contributed by atoms with Crippen molar-refractivity contribution in [2.45, 2.75) is 25.4 Å². The lowest BCUT2D eigenvalue weighted by atomic mass is 9.84. The molecule has 2 N–H and O–H groups in total. The Labute approximate surface area is 131 Å². The third kappa shape index (κ3) is 2.04. The van der Waals surface area contributed by atoms with Crippen LogP contribution in [0.3, 0.4) is 0 Å². The molecular formula is C18H15NO4. The summed E-state index contributed by atoms with van der Waals surface area (Å²) in [4.78, 5) is 10.5. The molecular weight excluding hydrogens is 294 g/mol. The van der Waals surface area contributed by atoms with E-state index in [1.807, 2.05) is 12.1 Å². The Morgan fingerprint density at radius 3 is 2.70 bits per heavy atom. The number of nitrogens with zero attached hydrogens (tertiary/aromatic N) is 1. The molecule has 0 saturated carbocycles. The number of hydrogen-bond acceptors (Lipinski definition) is 4. The van der Waals surface area contributed by atoms with Crippen molar-refractivity contribution in [3.8, 4) is 5.75 Å². The molecule has 1 aliphatic rings. The number of rotatable bonds is 1. The molecule has 0 spiro atoms. The van der Waals surface area contributed by atoms with Crippen molar-refractivity contribution in [2.24, 2.45) is 0 Å². The van der Waals surface area contributed by atoms with Crippen molar-refractivity contribution >= 4 is 27.2 Å². The number of hydrogen-bond donors (Lipinski definition) is 2. The van der Waals surface area contributed by atoms with Gasteiger partial charge >= 0.3 is 0 Å². The summed E-state index contributed by atoms with van der Waals surface area (Å²) < 4.78 is 0. The van der Waals surface area contributed by atoms with E-state index in [0.29, 0.717) is 5.39 Å². The van der Waals surface area contributed by atoms with Crippen LogP contribution in [0.5, 0.6) is 5.75 Å². The standard InChI is InChI=1S/C18H15NO4/c20-16-3-1-2-14-13(16)6-7-15-12-5-4-11(19(22)23)8-10(12)9-17(21)18(14)15/h4-9,16,20-21H,1-3H2. The van der Waals surface area contributed by atoms with Gasteiger partial charge in [0.05, 0.1) is 11.0 Å². The number of benzene rings is 3. The van der Waals surface area contributed by atoms with Gasteiger partial charge in [0.15, 0.2) is 0 Å². The van der Waals surface area contributed by atoms with Crippen molar-refractivity contribution in [1.82, 2.24) is 0 Å². The average Bonchev–Trinajstić information content (AvgIpc) is 2.54. The smallest absolute Gasteiger partial charge is 0.270 e. The SMILES string of the molecule is O=[N+]([O-])c1ccc2c(c1)cc(O)c1c3c(ccc12)C(O)CCC3. The Morgan fingerprint density at radius 1 is 1.13 bits per heavy atom. The van der Waals surface area contributed by atoms with Gasteiger partial charge in [-0.3, -0.25) is 10.1 Å². The summed E-state index contributed by atoms with van der Waals surface area (Å²) in [5.74, 6) is 0.110. The minimum atomic E-state index is -0.491. The zero-order valence-electron chi connectivity index (χ0n) is 12.3. The zero-order valence-corrected chi connectivity index (χ0v) is 12.3. The molecule has 0 aromatic heterocycles. The first-order valence-electron chi connectivity index (χ1n) is 7.60. The third-order valence-corrected chi connectivity index (χ3v) is 4.70. The number of aromatic hydroxyl groups is 1. The summed E-state index contributed by atoms with van der Waals surface area (Å²) in [5.41, 5.74) is 1.86. The van der Waals surface area contributed by atoms with E-state index in [9.17, 15) is 20.3 Å². The number of nitro benzene ring substituents is 1. The molecule has 0 radical (unpaired) electrons. The van der Waals surface area contributed by atoms with Crippen LogP contribution in [0.15, 0.2) is 36.4 Å². The van der Waals surface area contributed by atoms with Gasteiger partial charge in [0.1, 0.15) is 5.75 Å². The maximum absolute atomic E-state index is 10.9. The van der Waals surface area contributed by atoms with Crippen LogP contribution < -0.4 is 0 Å². The van der Waals surface area contributed by atoms with E-state index in [1.54, 1.807) is 12.1 Å². The van der Waals surface area contributed by atoms with Crippen LogP contribution >= 0.6 is 0 Å². The predicted octanol–water partition coefficient (Wildman–Crippen LogP) is 3.98. The average molecular weight is 309 g/mol. The molecule has 3 aromatic rings. The second kappa shape index (κ2) is 4.93. The predicted molar refractivity (Wildman–Crippen MR) is 87.7 cm³/mol. The van der Waals surface area contributed by atoms with Crippen molar-refractivity contribution in [1.29, 1.82) is 0 Å².